The molecule has 0 saturated carbocycles. The summed E-state index contributed by atoms with van der Waals surface area (Å²) >= 11 is 0. The van der Waals surface area contributed by atoms with E-state index in [1.807, 2.05) is 0 Å². The molecule has 1 aromatic carbocycles. The molecule has 5 atom stereocenters. The summed E-state index contributed by atoms with van der Waals surface area (Å²) < 4.78 is 55.8. The molecule has 1 aliphatic rings. The number of halogens is 1. The summed E-state index contributed by atoms with van der Waals surface area (Å²) in [5.74, 6) is -0.443. The molecule has 10 nitrogen and oxygen atoms in total. The number of aliphatic hydroxyl groups is 3. The zero-order chi connectivity index (χ0) is 21.3. The third-order valence-electron chi connectivity index (χ3n) is 4.38. The van der Waals surface area contributed by atoms with Crippen LogP contribution in [0.5, 0.6) is 5.75 Å². The fraction of sp³-hybridized carbons (Fsp3) is 0.353. The molecule has 12 heteroatoms. The summed E-state index contributed by atoms with van der Waals surface area (Å²) in [5.41, 5.74) is 4.63. The molecule has 0 radical (unpaired) electrons. The van der Waals surface area contributed by atoms with Crippen molar-refractivity contribution in [3.63, 3.8) is 0 Å². The Morgan fingerprint density at radius 3 is 2.48 bits per heavy atom. The second-order valence-corrected chi connectivity index (χ2v) is 7.89. The van der Waals surface area contributed by atoms with Gasteiger partial charge in [-0.25, -0.2) is 4.39 Å². The number of rotatable bonds is 5. The molecule has 0 amide bonds. The Labute approximate surface area is 165 Å². The zero-order valence-electron chi connectivity index (χ0n) is 14.8. The Kier molecular flexibility index (Phi) is 6.14. The van der Waals surface area contributed by atoms with E-state index in [0.717, 1.165) is 0 Å². The van der Waals surface area contributed by atoms with Crippen molar-refractivity contribution in [3.05, 3.63) is 48.0 Å². The van der Waals surface area contributed by atoms with E-state index in [4.69, 9.17) is 19.8 Å². The van der Waals surface area contributed by atoms with Crippen LogP contribution in [0.3, 0.4) is 0 Å². The maximum Gasteiger partial charge on any atom is 0.295 e. The quantitative estimate of drug-likeness (QED) is 0.385. The average Bonchev–Trinajstić information content (AvgIpc) is 2.68. The van der Waals surface area contributed by atoms with Gasteiger partial charge in [0.1, 0.15) is 29.9 Å². The summed E-state index contributed by atoms with van der Waals surface area (Å²) in [6.45, 7) is -0.0113. The van der Waals surface area contributed by atoms with Crippen molar-refractivity contribution in [2.75, 3.05) is 0 Å². The molecule has 0 bridgehead atoms. The smallest absolute Gasteiger partial charge is 0.295 e. The van der Waals surface area contributed by atoms with Crippen molar-refractivity contribution in [1.82, 2.24) is 4.98 Å². The monoisotopic (exact) mass is 430 g/mol. The van der Waals surface area contributed by atoms with Crippen molar-refractivity contribution >= 4 is 10.1 Å². The van der Waals surface area contributed by atoms with Crippen LogP contribution in [-0.2, 0) is 21.4 Å². The van der Waals surface area contributed by atoms with E-state index in [9.17, 15) is 28.1 Å². The molecule has 3 rings (SSSR count). The summed E-state index contributed by atoms with van der Waals surface area (Å²) in [6, 6.07) is 5.72. The molecule has 29 heavy (non-hydrogen) atoms. The molecule has 158 valence electrons. The Morgan fingerprint density at radius 1 is 1.10 bits per heavy atom. The number of pyridine rings is 1. The number of benzene rings is 1. The second kappa shape index (κ2) is 8.28. The number of ether oxygens (including phenoxy) is 2. The van der Waals surface area contributed by atoms with Crippen molar-refractivity contribution in [2.24, 2.45) is 5.73 Å². The normalized spacial score (nSPS) is 27.6. The lowest BCUT2D eigenvalue weighted by atomic mass is 10.0. The molecular weight excluding hydrogens is 411 g/mol. The highest BCUT2D eigenvalue weighted by atomic mass is 32.2. The van der Waals surface area contributed by atoms with Gasteiger partial charge in [0.15, 0.2) is 0 Å². The van der Waals surface area contributed by atoms with Crippen LogP contribution < -0.4 is 10.5 Å². The minimum Gasteiger partial charge on any atom is -0.460 e. The topological polar surface area (TPSA) is 172 Å². The van der Waals surface area contributed by atoms with E-state index in [-0.39, 0.29) is 17.9 Å². The lowest BCUT2D eigenvalue weighted by Crippen LogP contribution is -2.61. The lowest BCUT2D eigenvalue weighted by Gasteiger charge is -2.38. The van der Waals surface area contributed by atoms with Crippen LogP contribution in [0.2, 0.25) is 0 Å². The van der Waals surface area contributed by atoms with Crippen LogP contribution in [0, 0.1) is 5.82 Å². The van der Waals surface area contributed by atoms with Crippen LogP contribution in [0.4, 0.5) is 4.39 Å². The van der Waals surface area contributed by atoms with Gasteiger partial charge < -0.3 is 30.5 Å². The number of aromatic nitrogens is 1. The first kappa shape index (κ1) is 21.5. The zero-order valence-corrected chi connectivity index (χ0v) is 15.6. The van der Waals surface area contributed by atoms with Gasteiger partial charge >= 0.3 is 0 Å². The minimum atomic E-state index is -4.91. The number of hydrogen-bond acceptors (Lipinski definition) is 9. The fourth-order valence-electron chi connectivity index (χ4n) is 2.85. The van der Waals surface area contributed by atoms with Gasteiger partial charge in [-0.3, -0.25) is 9.54 Å². The van der Waals surface area contributed by atoms with Crippen molar-refractivity contribution in [2.45, 2.75) is 36.6 Å². The van der Waals surface area contributed by atoms with E-state index in [2.05, 4.69) is 4.98 Å². The molecule has 1 unspecified atom stereocenters. The van der Waals surface area contributed by atoms with Gasteiger partial charge in [-0.1, -0.05) is 6.07 Å². The Balaban J connectivity index is 1.86. The molecule has 2 aromatic rings. The van der Waals surface area contributed by atoms with E-state index in [0.29, 0.717) is 11.1 Å². The lowest BCUT2D eigenvalue weighted by molar-refractivity contribution is -0.254. The van der Waals surface area contributed by atoms with Gasteiger partial charge in [-0.15, -0.1) is 0 Å². The molecule has 6 N–H and O–H groups in total. The van der Waals surface area contributed by atoms with Gasteiger partial charge in [-0.05, 0) is 23.8 Å². The Bertz CT molecular complexity index is 989. The van der Waals surface area contributed by atoms with Gasteiger partial charge in [0.2, 0.25) is 11.7 Å². The van der Waals surface area contributed by atoms with Gasteiger partial charge in [0.25, 0.3) is 10.1 Å². The molecule has 0 spiro atoms. The van der Waals surface area contributed by atoms with Crippen LogP contribution >= 0.6 is 0 Å². The summed E-state index contributed by atoms with van der Waals surface area (Å²) in [4.78, 5) is 3.96. The van der Waals surface area contributed by atoms with Crippen molar-refractivity contribution in [1.29, 1.82) is 0 Å². The molecule has 1 fully saturated rings. The summed E-state index contributed by atoms with van der Waals surface area (Å²) in [5, 5.41) is 29.6. The van der Waals surface area contributed by atoms with Crippen molar-refractivity contribution < 1.29 is 42.2 Å². The first-order chi connectivity index (χ1) is 13.6. The predicted octanol–water partition coefficient (Wildman–Crippen LogP) is -0.622. The molecule has 1 saturated heterocycles. The van der Waals surface area contributed by atoms with E-state index < -0.39 is 46.0 Å². The van der Waals surface area contributed by atoms with Crippen molar-refractivity contribution in [3.8, 4) is 16.9 Å². The Hall–Kier alpha value is -2.19. The number of hydrogen-bond donors (Lipinski definition) is 5. The van der Waals surface area contributed by atoms with E-state index in [1.165, 1.54) is 36.7 Å². The molecular formula is C17H19FN2O8S. The second-order valence-electron chi connectivity index (χ2n) is 6.40. The van der Waals surface area contributed by atoms with Crippen LogP contribution in [-0.4, -0.2) is 63.3 Å². The maximum atomic E-state index is 13.6. The highest BCUT2D eigenvalue weighted by Crippen LogP contribution is 2.29. The average molecular weight is 430 g/mol. The van der Waals surface area contributed by atoms with Gasteiger partial charge in [0.05, 0.1) is 6.20 Å². The third-order valence-corrected chi connectivity index (χ3v) is 5.36. The van der Waals surface area contributed by atoms with Crippen LogP contribution in [0.1, 0.15) is 5.56 Å². The Morgan fingerprint density at radius 2 is 1.83 bits per heavy atom. The number of nitrogens with two attached hydrogens (primary N) is 1. The standard InChI is InChI=1S/C17H19FN2O8S/c18-12-2-1-8(3-9(12)5-19)10-4-11(7-20-6-10)27-16-14(22)13(21)15(23)17(28-16)29(24,25)26/h1-4,6-7,13-17,21-23H,5,19H2,(H,24,25,26)/t13-,14-,15+,16-,17?/m1/s1. The van der Waals surface area contributed by atoms with Gasteiger partial charge in [0, 0.05) is 23.9 Å². The predicted molar refractivity (Wildman–Crippen MR) is 96.4 cm³/mol. The SMILES string of the molecule is NCc1cc(-c2cncc(O[C@@H]3OC(S(=O)(=O)O)[C@@H](O)[C@H](O)[C@H]3O)c2)ccc1F. The number of aliphatic hydroxyl groups excluding tert-OH is 3. The van der Waals surface area contributed by atoms with Crippen LogP contribution in [0.15, 0.2) is 36.7 Å². The van der Waals surface area contributed by atoms with Crippen LogP contribution in [0.25, 0.3) is 11.1 Å². The maximum absolute atomic E-state index is 13.6. The minimum absolute atomic E-state index is 0.0113. The van der Waals surface area contributed by atoms with E-state index >= 15 is 0 Å². The fourth-order valence-corrected chi connectivity index (χ4v) is 3.61. The third kappa shape index (κ3) is 4.53. The van der Waals surface area contributed by atoms with Gasteiger partial charge in [-0.2, -0.15) is 8.42 Å². The molecule has 0 aliphatic carbocycles. The van der Waals surface area contributed by atoms with E-state index in [1.54, 1.807) is 0 Å². The molecule has 2 heterocycles. The molecule has 1 aromatic heterocycles. The largest absolute Gasteiger partial charge is 0.460 e. The summed E-state index contributed by atoms with van der Waals surface area (Å²) in [6.07, 6.45) is -4.91. The summed E-state index contributed by atoms with van der Waals surface area (Å²) in [7, 11) is -4.91. The molecule has 1 aliphatic heterocycles. The first-order valence-corrected chi connectivity index (χ1v) is 9.88. The first-order valence-electron chi connectivity index (χ1n) is 8.38. The highest BCUT2D eigenvalue weighted by Gasteiger charge is 2.50. The highest BCUT2D eigenvalue weighted by molar-refractivity contribution is 7.86. The number of nitrogens with zero attached hydrogens (tertiary/aromatic N) is 1.